The largest absolute Gasteiger partial charge is 0.507 e. The first kappa shape index (κ1) is 18.1. The summed E-state index contributed by atoms with van der Waals surface area (Å²) >= 11 is 0. The molecule has 3 aromatic rings. The van der Waals surface area contributed by atoms with Gasteiger partial charge >= 0.3 is 0 Å². The lowest BCUT2D eigenvalue weighted by Gasteiger charge is -2.10. The summed E-state index contributed by atoms with van der Waals surface area (Å²) in [5, 5.41) is 30.0. The van der Waals surface area contributed by atoms with Crippen LogP contribution in [-0.2, 0) is 0 Å². The lowest BCUT2D eigenvalue weighted by molar-refractivity contribution is 0.373. The maximum Gasteiger partial charge on any atom is 0.197 e. The van der Waals surface area contributed by atoms with Crippen LogP contribution in [0.3, 0.4) is 0 Å². The van der Waals surface area contributed by atoms with Crippen LogP contribution in [0.15, 0.2) is 57.8 Å². The molecule has 3 rings (SSSR count). The third-order valence-electron chi connectivity index (χ3n) is 4.00. The fourth-order valence-electron chi connectivity index (χ4n) is 2.68. The molecule has 6 nitrogen and oxygen atoms in total. The molecule has 6 heteroatoms. The average molecular weight is 366 g/mol. The molecule has 1 aromatic heterocycles. The molecule has 0 saturated heterocycles. The summed E-state index contributed by atoms with van der Waals surface area (Å²) in [5.74, 6) is -0.249. The van der Waals surface area contributed by atoms with E-state index in [0.29, 0.717) is 5.56 Å². The maximum absolute atomic E-state index is 12.6. The van der Waals surface area contributed by atoms with Crippen molar-refractivity contribution in [2.75, 3.05) is 7.11 Å². The third kappa shape index (κ3) is 3.37. The van der Waals surface area contributed by atoms with Crippen molar-refractivity contribution in [2.24, 2.45) is 0 Å². The molecule has 27 heavy (non-hydrogen) atoms. The van der Waals surface area contributed by atoms with Crippen molar-refractivity contribution in [1.29, 1.82) is 0 Å². The summed E-state index contributed by atoms with van der Waals surface area (Å²) < 4.78 is 10.9. The quantitative estimate of drug-likeness (QED) is 0.599. The highest BCUT2D eigenvalue weighted by Gasteiger charge is 2.17. The van der Waals surface area contributed by atoms with Gasteiger partial charge in [-0.2, -0.15) is 0 Å². The van der Waals surface area contributed by atoms with Crippen LogP contribution >= 0.6 is 0 Å². The van der Waals surface area contributed by atoms with Crippen LogP contribution in [0.5, 0.6) is 23.0 Å². The van der Waals surface area contributed by atoms with E-state index in [2.05, 4.69) is 6.58 Å². The van der Waals surface area contributed by atoms with Crippen molar-refractivity contribution in [1.82, 2.24) is 0 Å². The van der Waals surface area contributed by atoms with Crippen molar-refractivity contribution < 1.29 is 24.5 Å². The van der Waals surface area contributed by atoms with Gasteiger partial charge < -0.3 is 24.5 Å². The zero-order valence-electron chi connectivity index (χ0n) is 14.8. The van der Waals surface area contributed by atoms with Gasteiger partial charge in [-0.1, -0.05) is 18.2 Å². The summed E-state index contributed by atoms with van der Waals surface area (Å²) in [6.07, 6.45) is 3.21. The number of phenols is 3. The number of hydrogen-bond acceptors (Lipinski definition) is 6. The summed E-state index contributed by atoms with van der Waals surface area (Å²) in [4.78, 5) is 12.6. The minimum absolute atomic E-state index is 0.0383. The van der Waals surface area contributed by atoms with Crippen LogP contribution in [-0.4, -0.2) is 22.4 Å². The van der Waals surface area contributed by atoms with Crippen LogP contribution in [0.25, 0.3) is 28.4 Å². The number of hydrogen-bond donors (Lipinski definition) is 3. The third-order valence-corrected chi connectivity index (χ3v) is 4.00. The molecule has 0 atom stereocenters. The van der Waals surface area contributed by atoms with Gasteiger partial charge in [0.25, 0.3) is 0 Å². The van der Waals surface area contributed by atoms with Gasteiger partial charge in [0.15, 0.2) is 22.5 Å². The zero-order valence-corrected chi connectivity index (χ0v) is 14.8. The summed E-state index contributed by atoms with van der Waals surface area (Å²) in [6.45, 7) is 5.54. The molecular weight excluding hydrogens is 348 g/mol. The van der Waals surface area contributed by atoms with E-state index in [9.17, 15) is 20.1 Å². The van der Waals surface area contributed by atoms with Crippen LogP contribution < -0.4 is 10.2 Å². The fourth-order valence-corrected chi connectivity index (χ4v) is 2.68. The van der Waals surface area contributed by atoms with E-state index in [0.717, 1.165) is 11.6 Å². The highest BCUT2D eigenvalue weighted by molar-refractivity contribution is 5.93. The first-order valence-corrected chi connectivity index (χ1v) is 8.05. The number of fused-ring (bicyclic) bond motifs is 1. The topological polar surface area (TPSA) is 100 Å². The summed E-state index contributed by atoms with van der Waals surface area (Å²) in [5.41, 5.74) is 1.04. The van der Waals surface area contributed by atoms with Crippen molar-refractivity contribution in [3.63, 3.8) is 0 Å². The molecule has 0 amide bonds. The SMILES string of the molecule is C=C(C)C=Cc1c(O)cc(O)c2c(=O)cc(-c3ccc(O)c(OC)c3)oc12. The number of allylic oxidation sites excluding steroid dienone is 2. The number of aromatic hydroxyl groups is 3. The highest BCUT2D eigenvalue weighted by atomic mass is 16.5. The Labute approximate surface area is 154 Å². The monoisotopic (exact) mass is 366 g/mol. The summed E-state index contributed by atoms with van der Waals surface area (Å²) in [6, 6.07) is 6.83. The minimum atomic E-state index is -0.472. The molecule has 0 unspecified atom stereocenters. The predicted octanol–water partition coefficient (Wildman–Crippen LogP) is 4.17. The first-order chi connectivity index (χ1) is 12.8. The van der Waals surface area contributed by atoms with Crippen LogP contribution in [0.4, 0.5) is 0 Å². The van der Waals surface area contributed by atoms with E-state index in [-0.39, 0.29) is 45.3 Å². The van der Waals surface area contributed by atoms with E-state index in [1.165, 1.54) is 25.3 Å². The second kappa shape index (κ2) is 6.92. The average Bonchev–Trinajstić information content (AvgIpc) is 2.60. The second-order valence-corrected chi connectivity index (χ2v) is 6.07. The molecular formula is C21H18O6. The minimum Gasteiger partial charge on any atom is -0.507 e. The highest BCUT2D eigenvalue weighted by Crippen LogP contribution is 2.37. The first-order valence-electron chi connectivity index (χ1n) is 8.05. The van der Waals surface area contributed by atoms with E-state index >= 15 is 0 Å². The lowest BCUT2D eigenvalue weighted by atomic mass is 10.1. The Morgan fingerprint density at radius 1 is 1.11 bits per heavy atom. The number of benzene rings is 2. The Bertz CT molecular complexity index is 1140. The Morgan fingerprint density at radius 3 is 2.52 bits per heavy atom. The Kier molecular flexibility index (Phi) is 4.64. The van der Waals surface area contributed by atoms with Crippen molar-refractivity contribution >= 4 is 17.0 Å². The van der Waals surface area contributed by atoms with Gasteiger partial charge in [-0.25, -0.2) is 0 Å². The molecule has 0 bridgehead atoms. The number of methoxy groups -OCH3 is 1. The number of phenolic OH excluding ortho intramolecular Hbond substituents is 3. The molecule has 3 N–H and O–H groups in total. The van der Waals surface area contributed by atoms with Gasteiger partial charge in [0.1, 0.15) is 22.6 Å². The molecule has 0 fully saturated rings. The molecule has 1 heterocycles. The van der Waals surface area contributed by atoms with Crippen LogP contribution in [0.1, 0.15) is 12.5 Å². The number of ether oxygens (including phenoxy) is 1. The van der Waals surface area contributed by atoms with E-state index in [1.807, 2.05) is 0 Å². The van der Waals surface area contributed by atoms with Crippen LogP contribution in [0, 0.1) is 0 Å². The van der Waals surface area contributed by atoms with Crippen molar-refractivity contribution in [3.8, 4) is 34.3 Å². The normalized spacial score (nSPS) is 11.2. The van der Waals surface area contributed by atoms with E-state index < -0.39 is 5.43 Å². The Morgan fingerprint density at radius 2 is 1.85 bits per heavy atom. The Hall–Kier alpha value is -3.67. The molecule has 0 aliphatic rings. The maximum atomic E-state index is 12.6. The van der Waals surface area contributed by atoms with Gasteiger partial charge in [0.05, 0.1) is 12.7 Å². The molecule has 0 aliphatic heterocycles. The smallest absolute Gasteiger partial charge is 0.197 e. The van der Waals surface area contributed by atoms with Gasteiger partial charge in [-0.15, -0.1) is 0 Å². The van der Waals surface area contributed by atoms with Gasteiger partial charge in [-0.05, 0) is 31.2 Å². The molecule has 0 spiro atoms. The molecule has 0 aliphatic carbocycles. The van der Waals surface area contributed by atoms with Gasteiger partial charge in [0, 0.05) is 17.7 Å². The van der Waals surface area contributed by atoms with Crippen molar-refractivity contribution in [3.05, 3.63) is 64.3 Å². The molecule has 0 saturated carbocycles. The summed E-state index contributed by atoms with van der Waals surface area (Å²) in [7, 11) is 1.41. The molecule has 138 valence electrons. The van der Waals surface area contributed by atoms with Crippen LogP contribution in [0.2, 0.25) is 0 Å². The van der Waals surface area contributed by atoms with Gasteiger partial charge in [-0.3, -0.25) is 4.79 Å². The standard InChI is InChI=1S/C21H18O6/c1-11(2)4-6-13-15(23)9-16(24)20-17(25)10-18(27-21(13)20)12-5-7-14(22)19(8-12)26-3/h4-10,22-24H,1H2,2-3H3. The van der Waals surface area contributed by atoms with E-state index in [1.54, 1.807) is 25.1 Å². The van der Waals surface area contributed by atoms with Gasteiger partial charge in [0.2, 0.25) is 0 Å². The predicted molar refractivity (Wildman–Crippen MR) is 103 cm³/mol. The molecule has 0 radical (unpaired) electrons. The zero-order chi connectivity index (χ0) is 19.7. The Balaban J connectivity index is 2.33. The fraction of sp³-hybridized carbons (Fsp3) is 0.0952. The second-order valence-electron chi connectivity index (χ2n) is 6.07. The van der Waals surface area contributed by atoms with Crippen molar-refractivity contribution in [2.45, 2.75) is 6.92 Å². The lowest BCUT2D eigenvalue weighted by Crippen LogP contribution is -2.02. The number of rotatable bonds is 4. The van der Waals surface area contributed by atoms with E-state index in [4.69, 9.17) is 9.15 Å². The molecule has 2 aromatic carbocycles.